The molecule has 30 heavy (non-hydrogen) atoms. The molecule has 2 fully saturated rings. The number of benzene rings is 1. The summed E-state index contributed by atoms with van der Waals surface area (Å²) in [7, 11) is -2.87. The Kier molecular flexibility index (Phi) is 9.54. The van der Waals surface area contributed by atoms with Crippen LogP contribution in [-0.2, 0) is 9.84 Å². The van der Waals surface area contributed by atoms with E-state index in [9.17, 15) is 17.2 Å². The molecular weight excluding hydrogens is 527 g/mol. The first-order valence-corrected chi connectivity index (χ1v) is 11.9. The van der Waals surface area contributed by atoms with E-state index in [-0.39, 0.29) is 35.5 Å². The van der Waals surface area contributed by atoms with E-state index in [1.807, 2.05) is 11.8 Å². The molecule has 11 heteroatoms. The van der Waals surface area contributed by atoms with Crippen molar-refractivity contribution in [2.75, 3.05) is 75.3 Å². The van der Waals surface area contributed by atoms with Crippen molar-refractivity contribution in [3.8, 4) is 0 Å². The van der Waals surface area contributed by atoms with E-state index in [2.05, 4.69) is 20.1 Å². The Hall–Kier alpha value is -1.21. The normalized spacial score (nSPS) is 20.0. The van der Waals surface area contributed by atoms with Crippen LogP contribution in [0.15, 0.2) is 23.2 Å². The molecule has 0 amide bonds. The number of anilines is 1. The lowest BCUT2D eigenvalue weighted by Crippen LogP contribution is -2.53. The van der Waals surface area contributed by atoms with Crippen LogP contribution < -0.4 is 10.2 Å². The third-order valence-corrected chi connectivity index (χ3v) is 6.89. The van der Waals surface area contributed by atoms with Crippen LogP contribution in [0.25, 0.3) is 0 Å². The minimum atomic E-state index is -2.87. The van der Waals surface area contributed by atoms with Gasteiger partial charge in [-0.1, -0.05) is 0 Å². The molecule has 0 saturated carbocycles. The molecule has 0 atom stereocenters. The minimum absolute atomic E-state index is 0. The van der Waals surface area contributed by atoms with Crippen LogP contribution in [0.1, 0.15) is 6.92 Å². The molecule has 2 aliphatic rings. The first-order valence-electron chi connectivity index (χ1n) is 10.0. The van der Waals surface area contributed by atoms with Gasteiger partial charge in [-0.25, -0.2) is 17.2 Å². The summed E-state index contributed by atoms with van der Waals surface area (Å²) in [5.74, 6) is 0.384. The molecule has 2 aliphatic heterocycles. The van der Waals surface area contributed by atoms with Crippen molar-refractivity contribution in [1.29, 1.82) is 0 Å². The van der Waals surface area contributed by atoms with Gasteiger partial charge in [-0.15, -0.1) is 24.0 Å². The van der Waals surface area contributed by atoms with Gasteiger partial charge in [0.1, 0.15) is 11.6 Å². The third-order valence-electron chi connectivity index (χ3n) is 5.28. The Morgan fingerprint density at radius 2 is 1.77 bits per heavy atom. The molecule has 7 nitrogen and oxygen atoms in total. The molecule has 0 unspecified atom stereocenters. The monoisotopic (exact) mass is 557 g/mol. The standard InChI is InChI=1S/C19H29F2N5O2S.HI/c1-2-22-19(23-5-6-24-11-13-29(27,28)14-12-24)26-9-7-25(8-10-26)18-15-16(20)3-4-17(18)21;/h3-4,15H,2,5-14H2,1H3,(H,22,23);1H. The third kappa shape index (κ3) is 6.91. The topological polar surface area (TPSA) is 68.2 Å². The summed E-state index contributed by atoms with van der Waals surface area (Å²) < 4.78 is 50.5. The highest BCUT2D eigenvalue weighted by Gasteiger charge is 2.23. The molecule has 0 radical (unpaired) electrons. The van der Waals surface area contributed by atoms with Gasteiger partial charge >= 0.3 is 0 Å². The Labute approximate surface area is 194 Å². The first-order chi connectivity index (χ1) is 13.9. The van der Waals surface area contributed by atoms with Gasteiger partial charge in [0, 0.05) is 58.4 Å². The van der Waals surface area contributed by atoms with Gasteiger partial charge in [0.2, 0.25) is 0 Å². The molecule has 2 saturated heterocycles. The lowest BCUT2D eigenvalue weighted by Gasteiger charge is -2.38. The van der Waals surface area contributed by atoms with Crippen LogP contribution in [0.3, 0.4) is 0 Å². The Bertz CT molecular complexity index is 818. The fourth-order valence-electron chi connectivity index (χ4n) is 3.58. The van der Waals surface area contributed by atoms with Crippen molar-refractivity contribution < 1.29 is 17.2 Å². The average Bonchev–Trinajstić information content (AvgIpc) is 2.70. The quantitative estimate of drug-likeness (QED) is 0.336. The number of aliphatic imine (C=N–C) groups is 1. The molecule has 0 aliphatic carbocycles. The maximum atomic E-state index is 14.0. The molecular formula is C19H30F2IN5O2S. The summed E-state index contributed by atoms with van der Waals surface area (Å²) in [5, 5.41) is 3.29. The summed E-state index contributed by atoms with van der Waals surface area (Å²) in [6, 6.07) is 3.53. The highest BCUT2D eigenvalue weighted by atomic mass is 127. The number of nitrogens with zero attached hydrogens (tertiary/aromatic N) is 4. The molecule has 1 aromatic rings. The molecule has 0 bridgehead atoms. The maximum absolute atomic E-state index is 14.0. The van der Waals surface area contributed by atoms with Gasteiger partial charge < -0.3 is 15.1 Å². The highest BCUT2D eigenvalue weighted by molar-refractivity contribution is 14.0. The molecule has 3 rings (SSSR count). The van der Waals surface area contributed by atoms with Crippen LogP contribution in [-0.4, -0.2) is 94.6 Å². The molecule has 1 aromatic carbocycles. The number of sulfone groups is 1. The molecule has 0 spiro atoms. The van der Waals surface area contributed by atoms with E-state index in [4.69, 9.17) is 0 Å². The van der Waals surface area contributed by atoms with Crippen LogP contribution in [0.4, 0.5) is 14.5 Å². The number of guanidine groups is 1. The van der Waals surface area contributed by atoms with Gasteiger partial charge in [0.05, 0.1) is 23.7 Å². The fourth-order valence-corrected chi connectivity index (χ4v) is 4.86. The minimum Gasteiger partial charge on any atom is -0.366 e. The summed E-state index contributed by atoms with van der Waals surface area (Å²) >= 11 is 0. The number of halogens is 3. The molecule has 170 valence electrons. The Morgan fingerprint density at radius 1 is 1.10 bits per heavy atom. The van der Waals surface area contributed by atoms with Crippen molar-refractivity contribution in [3.63, 3.8) is 0 Å². The smallest absolute Gasteiger partial charge is 0.194 e. The predicted octanol–water partition coefficient (Wildman–Crippen LogP) is 1.40. The van der Waals surface area contributed by atoms with Gasteiger partial charge in [-0.3, -0.25) is 9.89 Å². The fraction of sp³-hybridized carbons (Fsp3) is 0.632. The van der Waals surface area contributed by atoms with Crippen LogP contribution in [0.5, 0.6) is 0 Å². The van der Waals surface area contributed by atoms with E-state index in [1.54, 1.807) is 0 Å². The summed E-state index contributed by atoms with van der Waals surface area (Å²) in [4.78, 5) is 10.8. The van der Waals surface area contributed by atoms with Crippen molar-refractivity contribution in [2.24, 2.45) is 4.99 Å². The van der Waals surface area contributed by atoms with Crippen LogP contribution >= 0.6 is 24.0 Å². The second-order valence-corrected chi connectivity index (χ2v) is 9.60. The molecule has 1 N–H and O–H groups in total. The second kappa shape index (κ2) is 11.4. The van der Waals surface area contributed by atoms with Crippen molar-refractivity contribution in [3.05, 3.63) is 29.8 Å². The van der Waals surface area contributed by atoms with Crippen LogP contribution in [0, 0.1) is 11.6 Å². The van der Waals surface area contributed by atoms with Crippen molar-refractivity contribution >= 4 is 45.5 Å². The van der Waals surface area contributed by atoms with E-state index >= 15 is 0 Å². The van der Waals surface area contributed by atoms with E-state index < -0.39 is 21.5 Å². The molecule has 0 aromatic heterocycles. The SMILES string of the molecule is CCNC(=NCCN1CCS(=O)(=O)CC1)N1CCN(c2cc(F)ccc2F)CC1.I. The zero-order chi connectivity index (χ0) is 20.9. The van der Waals surface area contributed by atoms with Crippen molar-refractivity contribution in [1.82, 2.24) is 15.1 Å². The predicted molar refractivity (Wildman–Crippen MR) is 127 cm³/mol. The lowest BCUT2D eigenvalue weighted by molar-refractivity contribution is 0.302. The first kappa shape index (κ1) is 25.1. The largest absolute Gasteiger partial charge is 0.366 e. The van der Waals surface area contributed by atoms with E-state index in [0.29, 0.717) is 51.5 Å². The lowest BCUT2D eigenvalue weighted by atomic mass is 10.2. The zero-order valence-corrected chi connectivity index (χ0v) is 20.3. The summed E-state index contributed by atoms with van der Waals surface area (Å²) in [6.07, 6.45) is 0. The number of rotatable bonds is 5. The van der Waals surface area contributed by atoms with Gasteiger partial charge in [-0.05, 0) is 19.1 Å². The number of piperazine rings is 1. The van der Waals surface area contributed by atoms with Gasteiger partial charge in [0.25, 0.3) is 0 Å². The molecule has 2 heterocycles. The highest BCUT2D eigenvalue weighted by Crippen LogP contribution is 2.21. The number of hydrogen-bond donors (Lipinski definition) is 1. The number of nitrogens with one attached hydrogen (secondary N) is 1. The zero-order valence-electron chi connectivity index (χ0n) is 17.2. The van der Waals surface area contributed by atoms with Gasteiger partial charge in [0.15, 0.2) is 15.8 Å². The maximum Gasteiger partial charge on any atom is 0.194 e. The Balaban J connectivity index is 0.00000320. The van der Waals surface area contributed by atoms with Crippen molar-refractivity contribution in [2.45, 2.75) is 6.92 Å². The average molecular weight is 557 g/mol. The number of hydrogen-bond acceptors (Lipinski definition) is 5. The van der Waals surface area contributed by atoms with E-state index in [0.717, 1.165) is 31.2 Å². The van der Waals surface area contributed by atoms with E-state index in [1.165, 1.54) is 6.07 Å². The summed E-state index contributed by atoms with van der Waals surface area (Å²) in [6.45, 7) is 7.64. The Morgan fingerprint density at radius 3 is 2.40 bits per heavy atom. The van der Waals surface area contributed by atoms with Crippen LogP contribution in [0.2, 0.25) is 0 Å². The summed E-state index contributed by atoms with van der Waals surface area (Å²) in [5.41, 5.74) is 0.298. The second-order valence-electron chi connectivity index (χ2n) is 7.30. The van der Waals surface area contributed by atoms with Gasteiger partial charge in [-0.2, -0.15) is 0 Å².